The van der Waals surface area contributed by atoms with Gasteiger partial charge in [-0.25, -0.2) is 4.98 Å². The highest BCUT2D eigenvalue weighted by Gasteiger charge is 2.22. The summed E-state index contributed by atoms with van der Waals surface area (Å²) in [6.07, 6.45) is 27.8. The third-order valence-electron chi connectivity index (χ3n) is 10.7. The molecule has 3 aromatic rings. The largest absolute Gasteiger partial charge is 0.496 e. The summed E-state index contributed by atoms with van der Waals surface area (Å²) in [7, 11) is 1.69. The number of unbranched alkanes of at least 4 members (excludes halogenated alkanes) is 13. The summed E-state index contributed by atoms with van der Waals surface area (Å²) in [5.41, 5.74) is 9.44. The van der Waals surface area contributed by atoms with Crippen LogP contribution in [0.3, 0.4) is 0 Å². The van der Waals surface area contributed by atoms with Crippen LogP contribution < -0.4 is 26.0 Å². The summed E-state index contributed by atoms with van der Waals surface area (Å²) >= 11 is 0. The molecule has 2 amide bonds. The third-order valence-corrected chi connectivity index (χ3v) is 10.7. The van der Waals surface area contributed by atoms with Gasteiger partial charge in [0.1, 0.15) is 11.3 Å². The lowest BCUT2D eigenvalue weighted by Crippen LogP contribution is -2.48. The molecule has 0 saturated carbocycles. The highest BCUT2D eigenvalue weighted by atomic mass is 16.5. The second-order valence-corrected chi connectivity index (χ2v) is 15.3. The molecule has 56 heavy (non-hydrogen) atoms. The van der Waals surface area contributed by atoms with Crippen molar-refractivity contribution in [2.75, 3.05) is 62.3 Å². The number of anilines is 3. The minimum atomic E-state index is 0.134. The number of carbonyl (C=O) groups excluding carboxylic acids is 2. The van der Waals surface area contributed by atoms with Crippen LogP contribution in [-0.4, -0.2) is 82.8 Å². The molecule has 0 aliphatic carbocycles. The fourth-order valence-electron chi connectivity index (χ4n) is 7.25. The van der Waals surface area contributed by atoms with Crippen molar-refractivity contribution >= 4 is 40.3 Å². The topological polar surface area (TPSA) is 144 Å². The van der Waals surface area contributed by atoms with Crippen molar-refractivity contribution in [1.82, 2.24) is 30.0 Å². The zero-order chi connectivity index (χ0) is 39.8. The van der Waals surface area contributed by atoms with Crippen LogP contribution in [0.25, 0.3) is 11.0 Å². The number of allylic oxidation sites excluding steroid dienone is 2. The van der Waals surface area contributed by atoms with Crippen molar-refractivity contribution in [3.63, 3.8) is 0 Å². The second kappa shape index (κ2) is 25.7. The summed E-state index contributed by atoms with van der Waals surface area (Å²) in [6.45, 7) is 9.27. The van der Waals surface area contributed by atoms with Gasteiger partial charge in [0.2, 0.25) is 17.8 Å². The van der Waals surface area contributed by atoms with E-state index in [1.54, 1.807) is 7.11 Å². The van der Waals surface area contributed by atoms with Crippen LogP contribution in [0, 0.1) is 0 Å². The van der Waals surface area contributed by atoms with Gasteiger partial charge in [0.25, 0.3) is 0 Å². The Morgan fingerprint density at radius 2 is 1.48 bits per heavy atom. The van der Waals surface area contributed by atoms with Crippen molar-refractivity contribution in [3.05, 3.63) is 42.1 Å². The molecule has 4 N–H and O–H groups in total. The number of aromatic nitrogens is 4. The Hall–Kier alpha value is -4.35. The summed E-state index contributed by atoms with van der Waals surface area (Å²) in [6, 6.07) is 6.26. The number of amides is 2. The van der Waals surface area contributed by atoms with E-state index < -0.39 is 0 Å². The number of piperazine rings is 1. The summed E-state index contributed by atoms with van der Waals surface area (Å²) in [4.78, 5) is 38.3. The van der Waals surface area contributed by atoms with Crippen LogP contribution in [-0.2, 0) is 16.1 Å². The van der Waals surface area contributed by atoms with Crippen molar-refractivity contribution in [3.8, 4) is 5.75 Å². The molecule has 12 nitrogen and oxygen atoms in total. The first kappa shape index (κ1) is 44.4. The van der Waals surface area contributed by atoms with Crippen molar-refractivity contribution < 1.29 is 14.3 Å². The molecule has 1 aliphatic heterocycles. The van der Waals surface area contributed by atoms with Gasteiger partial charge in [-0.2, -0.15) is 10.1 Å². The number of nitrogens with two attached hydrogens (primary N) is 1. The molecule has 0 spiro atoms. The number of rotatable bonds is 28. The van der Waals surface area contributed by atoms with Gasteiger partial charge >= 0.3 is 0 Å². The average Bonchev–Trinajstić information content (AvgIpc) is 3.61. The van der Waals surface area contributed by atoms with Gasteiger partial charge < -0.3 is 30.9 Å². The maximum atomic E-state index is 13.0. The SMILES string of the molecule is CCCCCCCC/C=C\CCCCCCCC(=O)NCCCCC(=O)N1CCN(c2ccc(Cn3cc4nc(N)nc(NCCCC)c4n3)c(OC)c2)CC1. The molecule has 0 atom stereocenters. The van der Waals surface area contributed by atoms with Gasteiger partial charge in [0.05, 0.1) is 19.9 Å². The maximum absolute atomic E-state index is 13.0. The zero-order valence-electron chi connectivity index (χ0n) is 34.8. The molecule has 4 rings (SSSR count). The molecule has 12 heteroatoms. The highest BCUT2D eigenvalue weighted by Crippen LogP contribution is 2.28. The van der Waals surface area contributed by atoms with Crippen LogP contribution in [0.4, 0.5) is 17.5 Å². The zero-order valence-corrected chi connectivity index (χ0v) is 34.8. The molecule has 0 radical (unpaired) electrons. The standard InChI is InChI=1S/C44H71N9O3/c1-4-6-8-9-10-11-12-13-14-15-16-17-18-19-20-23-40(54)46-28-22-21-24-41(55)52-31-29-51(30-32-52)37-26-25-36(39(33-37)56-3)34-53-35-38-42(50-53)43(47-27-7-5-2)49-44(45)48-38/h13-14,25-26,33,35H,4-12,15-24,27-32,34H2,1-3H3,(H,46,54)(H3,45,47,48,49)/b14-13-. The van der Waals surface area contributed by atoms with Gasteiger partial charge in [-0.15, -0.1) is 0 Å². The van der Waals surface area contributed by atoms with Crippen molar-refractivity contribution in [2.45, 2.75) is 142 Å². The second-order valence-electron chi connectivity index (χ2n) is 15.3. The van der Waals surface area contributed by atoms with Gasteiger partial charge in [-0.1, -0.05) is 89.9 Å². The smallest absolute Gasteiger partial charge is 0.222 e. The number of nitrogens with zero attached hydrogens (tertiary/aromatic N) is 6. The summed E-state index contributed by atoms with van der Waals surface area (Å²) < 4.78 is 7.66. The summed E-state index contributed by atoms with van der Waals surface area (Å²) in [5.74, 6) is 1.99. The van der Waals surface area contributed by atoms with Crippen LogP contribution >= 0.6 is 0 Å². The van der Waals surface area contributed by atoms with Gasteiger partial charge in [-0.05, 0) is 57.4 Å². The Bertz CT molecular complexity index is 1620. The van der Waals surface area contributed by atoms with E-state index in [4.69, 9.17) is 15.6 Å². The van der Waals surface area contributed by atoms with Crippen LogP contribution in [0.2, 0.25) is 0 Å². The normalized spacial score (nSPS) is 13.2. The fourth-order valence-corrected chi connectivity index (χ4v) is 7.25. The average molecular weight is 774 g/mol. The molecule has 0 unspecified atom stereocenters. The van der Waals surface area contributed by atoms with Crippen LogP contribution in [0.5, 0.6) is 5.75 Å². The molecule has 0 bridgehead atoms. The first-order valence-corrected chi connectivity index (χ1v) is 21.8. The van der Waals surface area contributed by atoms with Crippen molar-refractivity contribution in [2.24, 2.45) is 0 Å². The van der Waals surface area contributed by atoms with Gasteiger partial charge in [0, 0.05) is 69.4 Å². The molecule has 3 heterocycles. The van der Waals surface area contributed by atoms with Gasteiger partial charge in [-0.3, -0.25) is 14.3 Å². The van der Waals surface area contributed by atoms with Gasteiger partial charge in [0.15, 0.2) is 11.3 Å². The van der Waals surface area contributed by atoms with E-state index in [2.05, 4.69) is 69.7 Å². The fraction of sp³-hybridized carbons (Fsp3) is 0.659. The Kier molecular flexibility index (Phi) is 20.4. The molecule has 310 valence electrons. The Morgan fingerprint density at radius 1 is 0.804 bits per heavy atom. The lowest BCUT2D eigenvalue weighted by atomic mass is 10.1. The first-order chi connectivity index (χ1) is 27.4. The first-order valence-electron chi connectivity index (χ1n) is 21.8. The molecular formula is C44H71N9O3. The minimum absolute atomic E-state index is 0.134. The van der Waals surface area contributed by atoms with Crippen LogP contribution in [0.1, 0.15) is 141 Å². The number of hydrogen-bond acceptors (Lipinski definition) is 9. The molecule has 1 aromatic carbocycles. The predicted octanol–water partition coefficient (Wildman–Crippen LogP) is 8.65. The number of ether oxygens (including phenoxy) is 1. The number of carbonyl (C=O) groups is 2. The highest BCUT2D eigenvalue weighted by molar-refractivity contribution is 5.85. The monoisotopic (exact) mass is 774 g/mol. The quantitative estimate of drug-likeness (QED) is 0.0488. The molecule has 1 fully saturated rings. The third kappa shape index (κ3) is 15.7. The molecule has 1 aliphatic rings. The van der Waals surface area contributed by atoms with Crippen LogP contribution in [0.15, 0.2) is 36.5 Å². The maximum Gasteiger partial charge on any atom is 0.222 e. The van der Waals surface area contributed by atoms with E-state index in [0.29, 0.717) is 55.9 Å². The number of nitrogens with one attached hydrogen (secondary N) is 2. The number of fused-ring (bicyclic) bond motifs is 1. The van der Waals surface area contributed by atoms with E-state index in [9.17, 15) is 9.59 Å². The lowest BCUT2D eigenvalue weighted by Gasteiger charge is -2.36. The number of nitrogen functional groups attached to an aromatic ring is 1. The Balaban J connectivity index is 1.05. The Morgan fingerprint density at radius 3 is 2.20 bits per heavy atom. The molecule has 2 aromatic heterocycles. The van der Waals surface area contributed by atoms with E-state index in [-0.39, 0.29) is 17.8 Å². The van der Waals surface area contributed by atoms with E-state index in [0.717, 1.165) is 75.2 Å². The summed E-state index contributed by atoms with van der Waals surface area (Å²) in [5, 5.41) is 11.2. The van der Waals surface area contributed by atoms with E-state index in [1.807, 2.05) is 15.8 Å². The van der Waals surface area contributed by atoms with E-state index in [1.165, 1.54) is 70.6 Å². The predicted molar refractivity (Wildman–Crippen MR) is 230 cm³/mol. The lowest BCUT2D eigenvalue weighted by molar-refractivity contribution is -0.131. The number of methoxy groups -OCH3 is 1. The molecular weight excluding hydrogens is 703 g/mol. The molecule has 1 saturated heterocycles. The number of benzene rings is 1. The minimum Gasteiger partial charge on any atom is -0.496 e. The Labute approximate surface area is 336 Å². The van der Waals surface area contributed by atoms with E-state index >= 15 is 0 Å². The van der Waals surface area contributed by atoms with Crippen molar-refractivity contribution in [1.29, 1.82) is 0 Å². The number of hydrogen-bond donors (Lipinski definition) is 3.